The number of nitrogens with zero attached hydrogens (tertiary/aromatic N) is 1. The van der Waals surface area contributed by atoms with Crippen molar-refractivity contribution in [1.29, 1.82) is 0 Å². The fraction of sp³-hybridized carbons (Fsp3) is 0.321. The summed E-state index contributed by atoms with van der Waals surface area (Å²) in [6, 6.07) is 16.3. The van der Waals surface area contributed by atoms with Gasteiger partial charge in [0.1, 0.15) is 29.0 Å². The first kappa shape index (κ1) is 31.9. The molecule has 0 bridgehead atoms. The van der Waals surface area contributed by atoms with Crippen molar-refractivity contribution in [2.75, 3.05) is 5.75 Å². The molecular weight excluding hydrogens is 613 g/mol. The summed E-state index contributed by atoms with van der Waals surface area (Å²) in [4.78, 5) is 40.4. The third-order valence-corrected chi connectivity index (χ3v) is 8.26. The molecule has 0 saturated carbocycles. The summed E-state index contributed by atoms with van der Waals surface area (Å²) in [7, 11) is -5.96. The molecule has 0 spiro atoms. The summed E-state index contributed by atoms with van der Waals surface area (Å²) in [5.41, 5.74) is -5.69. The van der Waals surface area contributed by atoms with Gasteiger partial charge in [0.2, 0.25) is 0 Å². The molecular formula is C28H27F3N2O8S2. The van der Waals surface area contributed by atoms with Crippen molar-refractivity contribution in [3.63, 3.8) is 0 Å². The Morgan fingerprint density at radius 1 is 1.02 bits per heavy atom. The summed E-state index contributed by atoms with van der Waals surface area (Å²) in [6.45, 7) is 4.93. The summed E-state index contributed by atoms with van der Waals surface area (Å²) in [5, 5.41) is 1.69. The van der Waals surface area contributed by atoms with Crippen LogP contribution in [0.3, 0.4) is 0 Å². The van der Waals surface area contributed by atoms with Gasteiger partial charge in [-0.15, -0.1) is 11.8 Å². The number of alkyl carbamates (subject to hydrolysis) is 1. The van der Waals surface area contributed by atoms with Crippen LogP contribution < -0.4 is 5.32 Å². The van der Waals surface area contributed by atoms with Crippen LogP contribution in [0.15, 0.2) is 84.3 Å². The number of ether oxygens (including phenoxy) is 2. The molecule has 0 radical (unpaired) electrons. The first-order valence-corrected chi connectivity index (χ1v) is 15.2. The van der Waals surface area contributed by atoms with Crippen molar-refractivity contribution < 1.29 is 49.6 Å². The number of halogens is 3. The fourth-order valence-electron chi connectivity index (χ4n) is 4.18. The van der Waals surface area contributed by atoms with Crippen molar-refractivity contribution in [2.24, 2.45) is 0 Å². The van der Waals surface area contributed by atoms with E-state index in [0.29, 0.717) is 11.1 Å². The van der Waals surface area contributed by atoms with E-state index in [1.807, 2.05) is 0 Å². The van der Waals surface area contributed by atoms with Crippen LogP contribution in [0.2, 0.25) is 0 Å². The summed E-state index contributed by atoms with van der Waals surface area (Å²) >= 11 is 1.08. The first-order chi connectivity index (χ1) is 20.1. The second-order valence-corrected chi connectivity index (χ2v) is 13.0. The Hall–Kier alpha value is -3.98. The maximum absolute atomic E-state index is 13.8. The largest absolute Gasteiger partial charge is 0.534 e. The lowest BCUT2D eigenvalue weighted by molar-refractivity contribution is -0.153. The van der Waals surface area contributed by atoms with Crippen LogP contribution in [0, 0.1) is 0 Å². The normalized spacial score (nSPS) is 19.1. The number of carbonyl (C=O) groups excluding carboxylic acids is 3. The fourth-order valence-corrected chi connectivity index (χ4v) is 5.81. The highest BCUT2D eigenvalue weighted by Crippen LogP contribution is 2.42. The number of rotatable bonds is 8. The molecule has 10 nitrogen and oxygen atoms in total. The number of carbonyl (C=O) groups is 3. The van der Waals surface area contributed by atoms with E-state index in [4.69, 9.17) is 9.47 Å². The van der Waals surface area contributed by atoms with Gasteiger partial charge < -0.3 is 19.0 Å². The molecule has 2 aliphatic heterocycles. The molecule has 2 unspecified atom stereocenters. The van der Waals surface area contributed by atoms with Gasteiger partial charge in [-0.25, -0.2) is 9.59 Å². The third-order valence-electron chi connectivity index (χ3n) is 6.03. The van der Waals surface area contributed by atoms with Crippen LogP contribution in [0.25, 0.3) is 0 Å². The minimum absolute atomic E-state index is 0.0347. The van der Waals surface area contributed by atoms with Crippen molar-refractivity contribution in [3.8, 4) is 0 Å². The van der Waals surface area contributed by atoms with E-state index in [2.05, 4.69) is 9.50 Å². The van der Waals surface area contributed by atoms with Gasteiger partial charge in [-0.1, -0.05) is 60.7 Å². The van der Waals surface area contributed by atoms with Crippen molar-refractivity contribution in [1.82, 2.24) is 10.2 Å². The van der Waals surface area contributed by atoms with Gasteiger partial charge in [0.25, 0.3) is 5.91 Å². The van der Waals surface area contributed by atoms with Gasteiger partial charge in [0.05, 0.1) is 0 Å². The third kappa shape index (κ3) is 7.33. The van der Waals surface area contributed by atoms with Gasteiger partial charge in [0, 0.05) is 5.75 Å². The molecule has 1 fully saturated rings. The zero-order chi connectivity index (χ0) is 31.6. The van der Waals surface area contributed by atoms with E-state index < -0.39 is 56.7 Å². The summed E-state index contributed by atoms with van der Waals surface area (Å²) in [6.07, 6.45) is -0.664. The molecule has 1 saturated heterocycles. The molecule has 2 atom stereocenters. The number of allylic oxidation sites excluding steroid dienone is 1. The van der Waals surface area contributed by atoms with Crippen molar-refractivity contribution in [3.05, 3.63) is 95.4 Å². The van der Waals surface area contributed by atoms with Crippen LogP contribution in [0.1, 0.15) is 38.0 Å². The lowest BCUT2D eigenvalue weighted by Gasteiger charge is -2.49. The molecule has 2 aliphatic rings. The Morgan fingerprint density at radius 2 is 1.58 bits per heavy atom. The Labute approximate surface area is 250 Å². The minimum atomic E-state index is -5.96. The topological polar surface area (TPSA) is 128 Å². The molecule has 1 N–H and O–H groups in total. The smallest absolute Gasteiger partial charge is 0.448 e. The molecule has 4 rings (SSSR count). The molecule has 2 amide bonds. The first-order valence-electron chi connectivity index (χ1n) is 12.7. The summed E-state index contributed by atoms with van der Waals surface area (Å²) < 4.78 is 76.1. The van der Waals surface area contributed by atoms with Gasteiger partial charge in [0.15, 0.2) is 6.10 Å². The van der Waals surface area contributed by atoms with Crippen LogP contribution in [-0.4, -0.2) is 59.6 Å². The monoisotopic (exact) mass is 640 g/mol. The molecule has 15 heteroatoms. The van der Waals surface area contributed by atoms with Crippen LogP contribution in [0.4, 0.5) is 18.0 Å². The zero-order valence-corrected chi connectivity index (χ0v) is 24.7. The number of thioether (sulfide) groups is 1. The van der Waals surface area contributed by atoms with E-state index in [1.54, 1.807) is 81.4 Å². The van der Waals surface area contributed by atoms with Crippen molar-refractivity contribution in [2.45, 2.75) is 49.4 Å². The minimum Gasteiger partial charge on any atom is -0.448 e. The quantitative estimate of drug-likeness (QED) is 0.143. The molecule has 0 aromatic heterocycles. The maximum Gasteiger partial charge on any atom is 0.534 e. The molecule has 2 heterocycles. The van der Waals surface area contributed by atoms with Gasteiger partial charge >= 0.3 is 27.7 Å². The highest BCUT2D eigenvalue weighted by atomic mass is 32.2. The molecule has 2 aromatic rings. The van der Waals surface area contributed by atoms with E-state index in [1.165, 1.54) is 0 Å². The second-order valence-electron chi connectivity index (χ2n) is 10.3. The predicted octanol–water partition coefficient (Wildman–Crippen LogP) is 4.76. The Morgan fingerprint density at radius 3 is 2.09 bits per heavy atom. The van der Waals surface area contributed by atoms with Gasteiger partial charge in [-0.05, 0) is 43.5 Å². The van der Waals surface area contributed by atoms with E-state index in [0.717, 1.165) is 22.7 Å². The molecule has 0 aliphatic carbocycles. The SMILES string of the molecule is CC(C)(C)OC(=O)NC1C(=O)N2C(C(=O)OC(c3ccccc3)c3ccccc3)=C(C=COS(=O)(=O)C(F)(F)F)CSC12. The molecule has 2 aromatic carbocycles. The van der Waals surface area contributed by atoms with E-state index >= 15 is 0 Å². The number of benzene rings is 2. The number of amides is 2. The zero-order valence-electron chi connectivity index (χ0n) is 23.0. The highest BCUT2D eigenvalue weighted by molar-refractivity contribution is 8.00. The lowest BCUT2D eigenvalue weighted by Crippen LogP contribution is -2.70. The second kappa shape index (κ2) is 12.3. The maximum atomic E-state index is 13.8. The van der Waals surface area contributed by atoms with Crippen LogP contribution >= 0.6 is 11.8 Å². The summed E-state index contributed by atoms with van der Waals surface area (Å²) in [5.74, 6) is -1.79. The predicted molar refractivity (Wildman–Crippen MR) is 149 cm³/mol. The number of nitrogens with one attached hydrogen (secondary N) is 1. The number of alkyl halides is 3. The molecule has 43 heavy (non-hydrogen) atoms. The van der Waals surface area contributed by atoms with E-state index in [-0.39, 0.29) is 23.3 Å². The standard InChI is InChI=1S/C28H27F3N2O8S2/c1-27(2,3)41-26(36)32-20-23(34)33-21(19(16-42-24(20)33)14-15-39-43(37,38)28(29,30)31)25(35)40-22(17-10-6-4-7-11-17)18-12-8-5-9-13-18/h4-15,20,22,24H,16H2,1-3H3,(H,32,36). The number of hydrogen-bond donors (Lipinski definition) is 1. The number of hydrogen-bond acceptors (Lipinski definition) is 9. The van der Waals surface area contributed by atoms with E-state index in [9.17, 15) is 36.0 Å². The Bertz CT molecular complexity index is 1500. The van der Waals surface area contributed by atoms with Gasteiger partial charge in [-0.3, -0.25) is 9.69 Å². The molecule has 230 valence electrons. The van der Waals surface area contributed by atoms with Crippen LogP contribution in [0.5, 0.6) is 0 Å². The number of fused-ring (bicyclic) bond motifs is 1. The Kier molecular flexibility index (Phi) is 9.16. The number of esters is 1. The average Bonchev–Trinajstić information content (AvgIpc) is 2.93. The highest BCUT2D eigenvalue weighted by Gasteiger charge is 2.55. The average molecular weight is 641 g/mol. The van der Waals surface area contributed by atoms with Crippen molar-refractivity contribution >= 4 is 39.8 Å². The Balaban J connectivity index is 1.68. The van der Waals surface area contributed by atoms with Gasteiger partial charge in [-0.2, -0.15) is 21.6 Å². The lowest BCUT2D eigenvalue weighted by atomic mass is 10.0. The number of β-lactam (4-membered cyclic amide) rings is 1. The van der Waals surface area contributed by atoms with Crippen LogP contribution in [-0.2, 0) is 33.4 Å².